The van der Waals surface area contributed by atoms with Crippen molar-refractivity contribution < 1.29 is 0 Å². The first-order valence-electron chi connectivity index (χ1n) is 6.00. The topological polar surface area (TPSA) is 38.7 Å². The highest BCUT2D eigenvalue weighted by Gasteiger charge is 2.03. The van der Waals surface area contributed by atoms with E-state index in [-0.39, 0.29) is 0 Å². The van der Waals surface area contributed by atoms with Crippen LogP contribution in [-0.4, -0.2) is 15.0 Å². The average molecular weight is 229 g/mol. The van der Waals surface area contributed by atoms with Crippen LogP contribution in [0.1, 0.15) is 39.2 Å². The molecule has 0 aliphatic carbocycles. The van der Waals surface area contributed by atoms with Crippen molar-refractivity contribution in [3.05, 3.63) is 42.4 Å². The SMILES string of the molecule is CC.CC(C)c1cnc(-c2ccccn2)nc1. The highest BCUT2D eigenvalue weighted by molar-refractivity contribution is 5.47. The minimum Gasteiger partial charge on any atom is -0.253 e. The molecule has 2 heterocycles. The Bertz CT molecular complexity index is 421. The van der Waals surface area contributed by atoms with Gasteiger partial charge in [-0.05, 0) is 23.6 Å². The summed E-state index contributed by atoms with van der Waals surface area (Å²) in [4.78, 5) is 12.8. The lowest BCUT2D eigenvalue weighted by atomic mass is 10.1. The fourth-order valence-electron chi connectivity index (χ4n) is 1.26. The Morgan fingerprint density at radius 3 is 2.06 bits per heavy atom. The molecule has 0 spiro atoms. The molecule has 0 saturated carbocycles. The van der Waals surface area contributed by atoms with Gasteiger partial charge in [-0.25, -0.2) is 9.97 Å². The van der Waals surface area contributed by atoms with Crippen LogP contribution in [0.5, 0.6) is 0 Å². The van der Waals surface area contributed by atoms with E-state index in [4.69, 9.17) is 0 Å². The van der Waals surface area contributed by atoms with Crippen molar-refractivity contribution in [2.45, 2.75) is 33.6 Å². The summed E-state index contributed by atoms with van der Waals surface area (Å²) >= 11 is 0. The number of hydrogen-bond donors (Lipinski definition) is 0. The molecule has 90 valence electrons. The molecule has 0 saturated heterocycles. The Labute approximate surface area is 103 Å². The molecule has 2 rings (SSSR count). The maximum Gasteiger partial charge on any atom is 0.178 e. The van der Waals surface area contributed by atoms with Crippen molar-refractivity contribution in [3.8, 4) is 11.5 Å². The number of hydrogen-bond acceptors (Lipinski definition) is 3. The monoisotopic (exact) mass is 229 g/mol. The van der Waals surface area contributed by atoms with Crippen LogP contribution in [0.4, 0.5) is 0 Å². The first-order chi connectivity index (χ1) is 8.27. The molecule has 0 atom stereocenters. The number of nitrogens with zero attached hydrogens (tertiary/aromatic N) is 3. The van der Waals surface area contributed by atoms with E-state index in [1.807, 2.05) is 44.4 Å². The second-order valence-electron chi connectivity index (χ2n) is 3.71. The van der Waals surface area contributed by atoms with E-state index < -0.39 is 0 Å². The molecule has 0 N–H and O–H groups in total. The summed E-state index contributed by atoms with van der Waals surface area (Å²) in [6, 6.07) is 5.72. The molecule has 0 fully saturated rings. The third-order valence-corrected chi connectivity index (χ3v) is 2.23. The zero-order valence-corrected chi connectivity index (χ0v) is 10.9. The minimum absolute atomic E-state index is 0.461. The Morgan fingerprint density at radius 1 is 0.941 bits per heavy atom. The maximum absolute atomic E-state index is 4.30. The fraction of sp³-hybridized carbons (Fsp3) is 0.357. The van der Waals surface area contributed by atoms with Crippen LogP contribution in [0.15, 0.2) is 36.8 Å². The summed E-state index contributed by atoms with van der Waals surface area (Å²) in [7, 11) is 0. The van der Waals surface area contributed by atoms with Crippen LogP contribution >= 0.6 is 0 Å². The summed E-state index contributed by atoms with van der Waals surface area (Å²) in [5, 5.41) is 0. The summed E-state index contributed by atoms with van der Waals surface area (Å²) in [5.41, 5.74) is 1.96. The lowest BCUT2D eigenvalue weighted by molar-refractivity contribution is 0.846. The third kappa shape index (κ3) is 3.63. The number of pyridine rings is 1. The molecule has 3 nitrogen and oxygen atoms in total. The molecular weight excluding hydrogens is 210 g/mol. The molecule has 0 bridgehead atoms. The van der Waals surface area contributed by atoms with Crippen molar-refractivity contribution in [1.29, 1.82) is 0 Å². The molecule has 0 unspecified atom stereocenters. The van der Waals surface area contributed by atoms with Gasteiger partial charge in [0.15, 0.2) is 5.82 Å². The van der Waals surface area contributed by atoms with Gasteiger partial charge in [-0.1, -0.05) is 33.8 Å². The Morgan fingerprint density at radius 2 is 1.59 bits per heavy atom. The van der Waals surface area contributed by atoms with E-state index in [1.54, 1.807) is 6.20 Å². The van der Waals surface area contributed by atoms with Crippen LogP contribution < -0.4 is 0 Å². The summed E-state index contributed by atoms with van der Waals surface area (Å²) in [5.74, 6) is 1.14. The molecule has 17 heavy (non-hydrogen) atoms. The van der Waals surface area contributed by atoms with Gasteiger partial charge in [0.05, 0.1) is 0 Å². The molecular formula is C14H19N3. The largest absolute Gasteiger partial charge is 0.253 e. The first kappa shape index (κ1) is 13.3. The van der Waals surface area contributed by atoms with Gasteiger partial charge in [0.25, 0.3) is 0 Å². The van der Waals surface area contributed by atoms with Gasteiger partial charge in [0.2, 0.25) is 0 Å². The molecule has 2 aromatic heterocycles. The van der Waals surface area contributed by atoms with Gasteiger partial charge in [-0.3, -0.25) is 4.98 Å². The highest BCUT2D eigenvalue weighted by Crippen LogP contribution is 2.14. The summed E-state index contributed by atoms with van der Waals surface area (Å²) in [6.45, 7) is 8.25. The second kappa shape index (κ2) is 6.74. The number of aromatic nitrogens is 3. The first-order valence-corrected chi connectivity index (χ1v) is 6.00. The lowest BCUT2D eigenvalue weighted by Crippen LogP contribution is -1.95. The van der Waals surface area contributed by atoms with Crippen LogP contribution in [0.25, 0.3) is 11.5 Å². The molecule has 0 radical (unpaired) electrons. The molecule has 0 amide bonds. The van der Waals surface area contributed by atoms with E-state index in [0.29, 0.717) is 11.7 Å². The van der Waals surface area contributed by atoms with Crippen molar-refractivity contribution in [3.63, 3.8) is 0 Å². The molecule has 3 heteroatoms. The molecule has 0 aliphatic heterocycles. The molecule has 2 aromatic rings. The molecule has 0 aromatic carbocycles. The number of rotatable bonds is 2. The van der Waals surface area contributed by atoms with Crippen LogP contribution in [0.3, 0.4) is 0 Å². The summed E-state index contributed by atoms with van der Waals surface area (Å²) in [6.07, 6.45) is 5.47. The van der Waals surface area contributed by atoms with Crippen molar-refractivity contribution in [2.24, 2.45) is 0 Å². The minimum atomic E-state index is 0.461. The van der Waals surface area contributed by atoms with Gasteiger partial charge < -0.3 is 0 Å². The summed E-state index contributed by atoms with van der Waals surface area (Å²) < 4.78 is 0. The van der Waals surface area contributed by atoms with E-state index >= 15 is 0 Å². The van der Waals surface area contributed by atoms with Crippen LogP contribution in [-0.2, 0) is 0 Å². The van der Waals surface area contributed by atoms with E-state index in [2.05, 4.69) is 28.8 Å². The van der Waals surface area contributed by atoms with Crippen molar-refractivity contribution >= 4 is 0 Å². The Kier molecular flexibility index (Phi) is 5.27. The zero-order chi connectivity index (χ0) is 12.7. The fourth-order valence-corrected chi connectivity index (χ4v) is 1.26. The second-order valence-corrected chi connectivity index (χ2v) is 3.71. The van der Waals surface area contributed by atoms with E-state index in [0.717, 1.165) is 11.3 Å². The van der Waals surface area contributed by atoms with Gasteiger partial charge >= 0.3 is 0 Å². The van der Waals surface area contributed by atoms with Crippen molar-refractivity contribution in [1.82, 2.24) is 15.0 Å². The average Bonchev–Trinajstić information content (AvgIpc) is 2.42. The normalized spacial score (nSPS) is 9.71. The standard InChI is InChI=1S/C12H13N3.C2H6/c1-9(2)10-7-14-12(15-8-10)11-5-3-4-6-13-11;1-2/h3-9H,1-2H3;1-2H3. The van der Waals surface area contributed by atoms with Crippen LogP contribution in [0.2, 0.25) is 0 Å². The van der Waals surface area contributed by atoms with Crippen LogP contribution in [0, 0.1) is 0 Å². The van der Waals surface area contributed by atoms with Gasteiger partial charge in [0, 0.05) is 18.6 Å². The third-order valence-electron chi connectivity index (χ3n) is 2.23. The Balaban J connectivity index is 0.000000686. The smallest absolute Gasteiger partial charge is 0.178 e. The van der Waals surface area contributed by atoms with E-state index in [9.17, 15) is 0 Å². The van der Waals surface area contributed by atoms with Gasteiger partial charge in [-0.15, -0.1) is 0 Å². The predicted molar refractivity (Wildman–Crippen MR) is 70.7 cm³/mol. The Hall–Kier alpha value is -1.77. The zero-order valence-electron chi connectivity index (χ0n) is 10.9. The van der Waals surface area contributed by atoms with E-state index in [1.165, 1.54) is 0 Å². The lowest BCUT2D eigenvalue weighted by Gasteiger charge is -2.04. The van der Waals surface area contributed by atoms with Crippen molar-refractivity contribution in [2.75, 3.05) is 0 Å². The molecule has 0 aliphatic rings. The quantitative estimate of drug-likeness (QED) is 0.788. The van der Waals surface area contributed by atoms with Gasteiger partial charge in [-0.2, -0.15) is 0 Å². The predicted octanol–water partition coefficient (Wildman–Crippen LogP) is 3.69. The highest BCUT2D eigenvalue weighted by atomic mass is 14.9. The maximum atomic E-state index is 4.30. The van der Waals surface area contributed by atoms with Gasteiger partial charge in [0.1, 0.15) is 5.69 Å².